The molecule has 0 fully saturated rings. The van der Waals surface area contributed by atoms with Crippen LogP contribution in [-0.2, 0) is 6.42 Å². The van der Waals surface area contributed by atoms with E-state index < -0.39 is 0 Å². The number of aromatic nitrogens is 2. The molecule has 3 aromatic carbocycles. The van der Waals surface area contributed by atoms with E-state index in [9.17, 15) is 0 Å². The van der Waals surface area contributed by atoms with Crippen LogP contribution in [0.5, 0.6) is 0 Å². The fourth-order valence-electron chi connectivity index (χ4n) is 4.43. The average Bonchev–Trinajstić information content (AvgIpc) is 3.20. The van der Waals surface area contributed by atoms with E-state index in [2.05, 4.69) is 115 Å². The van der Waals surface area contributed by atoms with Gasteiger partial charge in [-0.25, -0.2) is 4.98 Å². The molecule has 154 valence electrons. The molecule has 0 amide bonds. The van der Waals surface area contributed by atoms with Gasteiger partial charge < -0.3 is 4.90 Å². The molecule has 0 bridgehead atoms. The predicted octanol–water partition coefficient (Wildman–Crippen LogP) is 7.18. The van der Waals surface area contributed by atoms with Gasteiger partial charge >= 0.3 is 0 Å². The summed E-state index contributed by atoms with van der Waals surface area (Å²) in [5.41, 5.74) is 7.00. The number of pyridine rings is 1. The molecule has 0 aliphatic carbocycles. The molecule has 31 heavy (non-hydrogen) atoms. The number of imidazole rings is 1. The van der Waals surface area contributed by atoms with Crippen molar-refractivity contribution in [1.82, 2.24) is 9.38 Å². The molecule has 0 radical (unpaired) electrons. The summed E-state index contributed by atoms with van der Waals surface area (Å²) in [4.78, 5) is 7.62. The number of benzene rings is 3. The zero-order chi connectivity index (χ0) is 21.4. The monoisotopic (exact) mass is 405 g/mol. The molecular formula is C28H27N3. The third kappa shape index (κ3) is 3.27. The van der Waals surface area contributed by atoms with Crippen LogP contribution in [0.25, 0.3) is 27.7 Å². The van der Waals surface area contributed by atoms with Crippen LogP contribution >= 0.6 is 0 Å². The molecule has 0 atom stereocenters. The van der Waals surface area contributed by atoms with Crippen LogP contribution in [0, 0.1) is 6.92 Å². The standard InChI is InChI=1S/C28H27N3/c1-4-21-10-6-8-12-24(21)26-28(30(5-2)23-16-14-20(3)15-17-23)31-19-18-22-11-7-9-13-25(22)27(31)29-26/h6-19H,4-5H2,1-3H3. The maximum absolute atomic E-state index is 5.25. The molecule has 0 unspecified atom stereocenters. The Kier molecular flexibility index (Phi) is 4.95. The molecule has 3 nitrogen and oxygen atoms in total. The van der Waals surface area contributed by atoms with Crippen LogP contribution in [-0.4, -0.2) is 15.9 Å². The largest absolute Gasteiger partial charge is 0.326 e. The van der Waals surface area contributed by atoms with Gasteiger partial charge in [-0.3, -0.25) is 4.40 Å². The van der Waals surface area contributed by atoms with E-state index in [0.29, 0.717) is 0 Å². The summed E-state index contributed by atoms with van der Waals surface area (Å²) < 4.78 is 2.26. The lowest BCUT2D eigenvalue weighted by molar-refractivity contribution is 0.975. The topological polar surface area (TPSA) is 20.5 Å². The molecule has 5 aromatic rings. The van der Waals surface area contributed by atoms with Gasteiger partial charge in [0, 0.05) is 29.4 Å². The van der Waals surface area contributed by atoms with Crippen molar-refractivity contribution in [3.63, 3.8) is 0 Å². The zero-order valence-corrected chi connectivity index (χ0v) is 18.3. The molecule has 0 saturated carbocycles. The summed E-state index contributed by atoms with van der Waals surface area (Å²) in [7, 11) is 0. The van der Waals surface area contributed by atoms with Crippen molar-refractivity contribution in [2.75, 3.05) is 11.4 Å². The van der Waals surface area contributed by atoms with Crippen molar-refractivity contribution >= 4 is 27.9 Å². The Hall–Kier alpha value is -3.59. The highest BCUT2D eigenvalue weighted by molar-refractivity contribution is 5.97. The van der Waals surface area contributed by atoms with E-state index in [4.69, 9.17) is 4.98 Å². The van der Waals surface area contributed by atoms with Crippen molar-refractivity contribution in [2.24, 2.45) is 0 Å². The second-order valence-corrected chi connectivity index (χ2v) is 7.97. The molecule has 5 rings (SSSR count). The Balaban J connectivity index is 1.86. The van der Waals surface area contributed by atoms with Crippen molar-refractivity contribution in [1.29, 1.82) is 0 Å². The first-order valence-corrected chi connectivity index (χ1v) is 11.0. The Bertz CT molecular complexity index is 1360. The Morgan fingerprint density at radius 3 is 2.35 bits per heavy atom. The number of anilines is 2. The molecule has 0 aliphatic rings. The van der Waals surface area contributed by atoms with Crippen LogP contribution < -0.4 is 4.90 Å². The lowest BCUT2D eigenvalue weighted by Gasteiger charge is -2.24. The van der Waals surface area contributed by atoms with E-state index in [1.807, 2.05) is 0 Å². The van der Waals surface area contributed by atoms with Crippen molar-refractivity contribution in [3.8, 4) is 11.3 Å². The highest BCUT2D eigenvalue weighted by Gasteiger charge is 2.22. The molecule has 0 N–H and O–H groups in total. The Morgan fingerprint density at radius 2 is 1.58 bits per heavy atom. The SMILES string of the molecule is CCc1ccccc1-c1nc2c3ccccc3ccn2c1N(CC)c1ccc(C)cc1. The third-order valence-electron chi connectivity index (χ3n) is 6.06. The van der Waals surface area contributed by atoms with E-state index in [1.165, 1.54) is 33.2 Å². The molecular weight excluding hydrogens is 378 g/mol. The summed E-state index contributed by atoms with van der Waals surface area (Å²) in [6.45, 7) is 7.39. The van der Waals surface area contributed by atoms with E-state index in [-0.39, 0.29) is 0 Å². The van der Waals surface area contributed by atoms with Gasteiger partial charge in [-0.05, 0) is 49.4 Å². The van der Waals surface area contributed by atoms with Gasteiger partial charge in [0.2, 0.25) is 0 Å². The Morgan fingerprint density at radius 1 is 0.839 bits per heavy atom. The van der Waals surface area contributed by atoms with Gasteiger partial charge in [-0.2, -0.15) is 0 Å². The minimum atomic E-state index is 0.852. The van der Waals surface area contributed by atoms with Gasteiger partial charge in [0.05, 0.1) is 0 Å². The number of hydrogen-bond acceptors (Lipinski definition) is 2. The third-order valence-corrected chi connectivity index (χ3v) is 6.06. The van der Waals surface area contributed by atoms with E-state index in [0.717, 1.165) is 30.1 Å². The molecule has 0 aliphatic heterocycles. The van der Waals surface area contributed by atoms with Gasteiger partial charge in [0.15, 0.2) is 0 Å². The second-order valence-electron chi connectivity index (χ2n) is 7.97. The van der Waals surface area contributed by atoms with Crippen LogP contribution in [0.3, 0.4) is 0 Å². The fourth-order valence-corrected chi connectivity index (χ4v) is 4.43. The summed E-state index contributed by atoms with van der Waals surface area (Å²) in [5, 5.41) is 2.38. The molecule has 0 spiro atoms. The molecule has 0 saturated heterocycles. The fraction of sp³-hybridized carbons (Fsp3) is 0.179. The lowest BCUT2D eigenvalue weighted by atomic mass is 10.0. The van der Waals surface area contributed by atoms with Gasteiger partial charge in [-0.1, -0.05) is 73.2 Å². The van der Waals surface area contributed by atoms with Gasteiger partial charge in [0.1, 0.15) is 17.2 Å². The first kappa shape index (κ1) is 19.4. The average molecular weight is 406 g/mol. The normalized spacial score (nSPS) is 11.3. The van der Waals surface area contributed by atoms with E-state index >= 15 is 0 Å². The van der Waals surface area contributed by atoms with Crippen LogP contribution in [0.1, 0.15) is 25.0 Å². The van der Waals surface area contributed by atoms with Crippen molar-refractivity contribution < 1.29 is 0 Å². The maximum atomic E-state index is 5.25. The van der Waals surface area contributed by atoms with E-state index in [1.54, 1.807) is 0 Å². The van der Waals surface area contributed by atoms with Crippen LogP contribution in [0.4, 0.5) is 11.5 Å². The first-order chi connectivity index (χ1) is 15.2. The number of nitrogens with zero attached hydrogens (tertiary/aromatic N) is 3. The summed E-state index contributed by atoms with van der Waals surface area (Å²) >= 11 is 0. The lowest BCUT2D eigenvalue weighted by Crippen LogP contribution is -2.18. The number of hydrogen-bond donors (Lipinski definition) is 0. The predicted molar refractivity (Wildman–Crippen MR) is 131 cm³/mol. The molecule has 2 aromatic heterocycles. The molecule has 3 heteroatoms. The van der Waals surface area contributed by atoms with Gasteiger partial charge in [0.25, 0.3) is 0 Å². The maximum Gasteiger partial charge on any atom is 0.147 e. The number of rotatable bonds is 5. The quantitative estimate of drug-likeness (QED) is 0.309. The molecule has 2 heterocycles. The number of fused-ring (bicyclic) bond motifs is 3. The van der Waals surface area contributed by atoms with Crippen LogP contribution in [0.2, 0.25) is 0 Å². The summed E-state index contributed by atoms with van der Waals surface area (Å²) in [5.74, 6) is 1.12. The number of aryl methyl sites for hydroxylation is 2. The second kappa shape index (κ2) is 7.92. The summed E-state index contributed by atoms with van der Waals surface area (Å²) in [6.07, 6.45) is 3.13. The minimum absolute atomic E-state index is 0.852. The first-order valence-electron chi connectivity index (χ1n) is 11.0. The minimum Gasteiger partial charge on any atom is -0.326 e. The van der Waals surface area contributed by atoms with Crippen LogP contribution in [0.15, 0.2) is 85.1 Å². The van der Waals surface area contributed by atoms with Gasteiger partial charge in [-0.15, -0.1) is 0 Å². The van der Waals surface area contributed by atoms with Crippen molar-refractivity contribution in [3.05, 3.63) is 96.2 Å². The highest BCUT2D eigenvalue weighted by atomic mass is 15.3. The highest BCUT2D eigenvalue weighted by Crippen LogP contribution is 2.38. The summed E-state index contributed by atoms with van der Waals surface area (Å²) in [6, 6.07) is 28.1. The smallest absolute Gasteiger partial charge is 0.147 e. The zero-order valence-electron chi connectivity index (χ0n) is 18.3. The van der Waals surface area contributed by atoms with Crippen molar-refractivity contribution in [2.45, 2.75) is 27.2 Å². The Labute approximate surface area is 183 Å².